The molecule has 1 saturated carbocycles. The normalized spacial score (nSPS) is 19.6. The Morgan fingerprint density at radius 1 is 1.33 bits per heavy atom. The molecule has 2 aromatic heterocycles. The van der Waals surface area contributed by atoms with E-state index in [2.05, 4.69) is 15.2 Å². The number of aromatic nitrogens is 2. The van der Waals surface area contributed by atoms with Crippen LogP contribution in [0.25, 0.3) is 0 Å². The van der Waals surface area contributed by atoms with Gasteiger partial charge in [-0.25, -0.2) is 14.8 Å². The SMILES string of the molecule is O=C(O)C(F)(F)F.c1cc(NCC2CC2)nc(C2COCCN2Cc2ccoc2)n1. The maximum atomic E-state index is 10.6. The first-order valence-corrected chi connectivity index (χ1v) is 9.52. The molecule has 1 saturated heterocycles. The lowest BCUT2D eigenvalue weighted by Gasteiger charge is -2.34. The molecule has 1 aliphatic heterocycles. The van der Waals surface area contributed by atoms with Gasteiger partial charge in [0.1, 0.15) is 11.6 Å². The highest BCUT2D eigenvalue weighted by Gasteiger charge is 2.38. The van der Waals surface area contributed by atoms with Gasteiger partial charge >= 0.3 is 12.1 Å². The third-order valence-corrected chi connectivity index (χ3v) is 4.69. The van der Waals surface area contributed by atoms with Gasteiger partial charge in [-0.05, 0) is 30.9 Å². The molecule has 4 rings (SSSR count). The van der Waals surface area contributed by atoms with Crippen LogP contribution in [-0.4, -0.2) is 58.4 Å². The number of furan rings is 1. The summed E-state index contributed by atoms with van der Waals surface area (Å²) >= 11 is 0. The third kappa shape index (κ3) is 6.70. The van der Waals surface area contributed by atoms with Crippen molar-refractivity contribution >= 4 is 11.8 Å². The van der Waals surface area contributed by atoms with Gasteiger partial charge in [-0.3, -0.25) is 4.90 Å². The van der Waals surface area contributed by atoms with Crippen LogP contribution in [0.4, 0.5) is 19.0 Å². The van der Waals surface area contributed by atoms with Crippen LogP contribution < -0.4 is 5.32 Å². The fraction of sp³-hybridized carbons (Fsp3) is 0.526. The number of ether oxygens (including phenoxy) is 1. The summed E-state index contributed by atoms with van der Waals surface area (Å²) in [7, 11) is 0. The molecular weight excluding hydrogens is 405 g/mol. The predicted molar refractivity (Wildman–Crippen MR) is 99.6 cm³/mol. The Hall–Kier alpha value is -2.66. The molecule has 1 aliphatic carbocycles. The van der Waals surface area contributed by atoms with E-state index in [0.29, 0.717) is 6.61 Å². The zero-order valence-electron chi connectivity index (χ0n) is 16.1. The van der Waals surface area contributed by atoms with Gasteiger partial charge in [-0.1, -0.05) is 0 Å². The molecule has 2 aliphatic rings. The highest BCUT2D eigenvalue weighted by Crippen LogP contribution is 2.29. The van der Waals surface area contributed by atoms with E-state index in [1.54, 1.807) is 12.5 Å². The minimum atomic E-state index is -5.08. The lowest BCUT2D eigenvalue weighted by atomic mass is 10.2. The first-order chi connectivity index (χ1) is 14.3. The van der Waals surface area contributed by atoms with Crippen LogP contribution in [0.2, 0.25) is 0 Å². The second-order valence-electron chi connectivity index (χ2n) is 7.12. The predicted octanol–water partition coefficient (Wildman–Crippen LogP) is 3.10. The van der Waals surface area contributed by atoms with Crippen molar-refractivity contribution in [1.82, 2.24) is 14.9 Å². The summed E-state index contributed by atoms with van der Waals surface area (Å²) < 4.78 is 42.6. The average molecular weight is 428 g/mol. The van der Waals surface area contributed by atoms with E-state index in [0.717, 1.165) is 43.8 Å². The van der Waals surface area contributed by atoms with E-state index in [9.17, 15) is 13.2 Å². The lowest BCUT2D eigenvalue weighted by molar-refractivity contribution is -0.192. The van der Waals surface area contributed by atoms with Gasteiger partial charge in [0.15, 0.2) is 0 Å². The van der Waals surface area contributed by atoms with Gasteiger partial charge in [0.05, 0.1) is 31.8 Å². The summed E-state index contributed by atoms with van der Waals surface area (Å²) in [5.74, 6) is -0.193. The molecular formula is C19H23F3N4O4. The number of carboxylic acid groups (broad SMARTS) is 1. The van der Waals surface area contributed by atoms with E-state index < -0.39 is 12.1 Å². The van der Waals surface area contributed by atoms with E-state index >= 15 is 0 Å². The Labute approximate surface area is 171 Å². The maximum absolute atomic E-state index is 10.6. The second-order valence-corrected chi connectivity index (χ2v) is 7.12. The van der Waals surface area contributed by atoms with E-state index in [1.807, 2.05) is 18.3 Å². The molecule has 164 valence electrons. The van der Waals surface area contributed by atoms with Gasteiger partial charge in [0.25, 0.3) is 0 Å². The standard InChI is InChI=1S/C17H22N4O2.C2HF3O2/c1-2-13(1)9-19-16-3-5-18-17(20-16)15-12-23-8-6-21(15)10-14-4-7-22-11-14;3-2(4,5)1(6)7/h3-5,7,11,13,15H,1-2,6,8-10,12H2,(H,18,19,20);(H,6,7). The Morgan fingerprint density at radius 3 is 2.73 bits per heavy atom. The maximum Gasteiger partial charge on any atom is 0.490 e. The Morgan fingerprint density at radius 2 is 2.10 bits per heavy atom. The number of nitrogens with zero attached hydrogens (tertiary/aromatic N) is 3. The summed E-state index contributed by atoms with van der Waals surface area (Å²) in [5, 5.41) is 10.5. The molecule has 2 fully saturated rings. The van der Waals surface area contributed by atoms with Crippen LogP contribution in [0.15, 0.2) is 35.3 Å². The first kappa shape index (κ1) is 22.0. The number of nitrogens with one attached hydrogen (secondary N) is 1. The zero-order valence-corrected chi connectivity index (χ0v) is 16.1. The first-order valence-electron chi connectivity index (χ1n) is 9.52. The molecule has 1 unspecified atom stereocenters. The zero-order chi connectivity index (χ0) is 21.6. The van der Waals surface area contributed by atoms with Crippen LogP contribution in [-0.2, 0) is 16.1 Å². The number of halogens is 3. The number of hydrogen-bond acceptors (Lipinski definition) is 7. The van der Waals surface area contributed by atoms with E-state index in [1.165, 1.54) is 18.4 Å². The Kier molecular flexibility index (Phi) is 7.27. The lowest BCUT2D eigenvalue weighted by Crippen LogP contribution is -2.39. The van der Waals surface area contributed by atoms with Crippen LogP contribution in [0.5, 0.6) is 0 Å². The number of carbonyl (C=O) groups is 1. The minimum Gasteiger partial charge on any atom is -0.475 e. The number of aliphatic carboxylic acids is 1. The topological polar surface area (TPSA) is 101 Å². The average Bonchev–Trinajstić information content (AvgIpc) is 3.41. The molecule has 2 N–H and O–H groups in total. The monoisotopic (exact) mass is 428 g/mol. The Bertz CT molecular complexity index is 812. The van der Waals surface area contributed by atoms with Crippen molar-refractivity contribution in [3.63, 3.8) is 0 Å². The van der Waals surface area contributed by atoms with Crippen molar-refractivity contribution in [1.29, 1.82) is 0 Å². The highest BCUT2D eigenvalue weighted by atomic mass is 19.4. The van der Waals surface area contributed by atoms with Gasteiger partial charge < -0.3 is 19.6 Å². The van der Waals surface area contributed by atoms with E-state index in [4.69, 9.17) is 24.0 Å². The molecule has 30 heavy (non-hydrogen) atoms. The van der Waals surface area contributed by atoms with Crippen molar-refractivity contribution in [3.05, 3.63) is 42.2 Å². The van der Waals surface area contributed by atoms with Gasteiger partial charge in [-0.2, -0.15) is 13.2 Å². The highest BCUT2D eigenvalue weighted by molar-refractivity contribution is 5.73. The second kappa shape index (κ2) is 9.90. The Balaban J connectivity index is 0.000000318. The molecule has 0 aromatic carbocycles. The van der Waals surface area contributed by atoms with Crippen LogP contribution in [0.1, 0.15) is 30.3 Å². The van der Waals surface area contributed by atoms with Crippen molar-refractivity contribution in [2.75, 3.05) is 31.6 Å². The number of carboxylic acids is 1. The summed E-state index contributed by atoms with van der Waals surface area (Å²) in [4.78, 5) is 20.4. The fourth-order valence-electron chi connectivity index (χ4n) is 2.89. The molecule has 0 amide bonds. The molecule has 11 heteroatoms. The van der Waals surface area contributed by atoms with Crippen LogP contribution in [0, 0.1) is 5.92 Å². The minimum absolute atomic E-state index is 0.0846. The molecule has 3 heterocycles. The largest absolute Gasteiger partial charge is 0.490 e. The molecule has 0 bridgehead atoms. The number of rotatable bonds is 6. The summed E-state index contributed by atoms with van der Waals surface area (Å²) in [5.41, 5.74) is 1.17. The van der Waals surface area contributed by atoms with Crippen molar-refractivity contribution < 1.29 is 32.2 Å². The molecule has 0 spiro atoms. The summed E-state index contributed by atoms with van der Waals surface area (Å²) in [6, 6.07) is 4.03. The van der Waals surface area contributed by atoms with Gasteiger partial charge in [0.2, 0.25) is 0 Å². The number of anilines is 1. The number of hydrogen-bond donors (Lipinski definition) is 2. The number of morpholine rings is 1. The van der Waals surface area contributed by atoms with E-state index in [-0.39, 0.29) is 6.04 Å². The molecule has 2 aromatic rings. The molecule has 8 nitrogen and oxygen atoms in total. The molecule has 0 radical (unpaired) electrons. The van der Waals surface area contributed by atoms with Crippen LogP contribution >= 0.6 is 0 Å². The summed E-state index contributed by atoms with van der Waals surface area (Å²) in [6.45, 7) is 4.08. The summed E-state index contributed by atoms with van der Waals surface area (Å²) in [6.07, 6.45) is 2.92. The smallest absolute Gasteiger partial charge is 0.475 e. The molecule has 1 atom stereocenters. The van der Waals surface area contributed by atoms with Gasteiger partial charge in [-0.15, -0.1) is 0 Å². The van der Waals surface area contributed by atoms with Crippen molar-refractivity contribution in [2.45, 2.75) is 31.6 Å². The van der Waals surface area contributed by atoms with Gasteiger partial charge in [0, 0.05) is 31.4 Å². The number of alkyl halides is 3. The fourth-order valence-corrected chi connectivity index (χ4v) is 2.89. The van der Waals surface area contributed by atoms with Crippen LogP contribution in [0.3, 0.4) is 0 Å². The van der Waals surface area contributed by atoms with Crippen molar-refractivity contribution in [3.8, 4) is 0 Å². The quantitative estimate of drug-likeness (QED) is 0.724. The third-order valence-electron chi connectivity index (χ3n) is 4.69. The van der Waals surface area contributed by atoms with Crippen molar-refractivity contribution in [2.24, 2.45) is 5.92 Å².